The summed E-state index contributed by atoms with van der Waals surface area (Å²) >= 11 is 1.82. The van der Waals surface area contributed by atoms with Crippen molar-refractivity contribution in [3.05, 3.63) is 108 Å². The van der Waals surface area contributed by atoms with Crippen LogP contribution in [0.5, 0.6) is 0 Å². The molecule has 3 heteroatoms. The van der Waals surface area contributed by atoms with Crippen LogP contribution in [-0.4, -0.2) is 10.3 Å². The van der Waals surface area contributed by atoms with Crippen molar-refractivity contribution in [2.24, 2.45) is 4.99 Å². The number of allylic oxidation sites excluding steroid dienone is 5. The summed E-state index contributed by atoms with van der Waals surface area (Å²) in [5.41, 5.74) is 6.78. The second-order valence-corrected chi connectivity index (χ2v) is 9.25. The van der Waals surface area contributed by atoms with E-state index < -0.39 is 0 Å². The highest BCUT2D eigenvalue weighted by Crippen LogP contribution is 2.38. The molecule has 0 N–H and O–H groups in total. The monoisotopic (exact) mass is 460 g/mol. The maximum Gasteiger partial charge on any atom is 0.0665 e. The number of hydrogen-bond acceptors (Lipinski definition) is 2. The van der Waals surface area contributed by atoms with E-state index in [1.54, 1.807) is 0 Å². The van der Waals surface area contributed by atoms with E-state index in [1.165, 1.54) is 31.9 Å². The molecule has 2 nitrogen and oxygen atoms in total. The van der Waals surface area contributed by atoms with Crippen molar-refractivity contribution in [1.29, 1.82) is 0 Å². The predicted octanol–water partition coefficient (Wildman–Crippen LogP) is 9.34. The van der Waals surface area contributed by atoms with Gasteiger partial charge in [0.05, 0.1) is 16.7 Å². The van der Waals surface area contributed by atoms with E-state index in [4.69, 9.17) is 4.99 Å². The van der Waals surface area contributed by atoms with Crippen molar-refractivity contribution in [2.75, 3.05) is 0 Å². The largest absolute Gasteiger partial charge is 0.309 e. The zero-order valence-electron chi connectivity index (χ0n) is 19.8. The number of para-hydroxylation sites is 1. The van der Waals surface area contributed by atoms with Crippen molar-refractivity contribution in [2.45, 2.75) is 27.2 Å². The van der Waals surface area contributed by atoms with Gasteiger partial charge in [-0.2, -0.15) is 0 Å². The number of nitrogens with zero attached hydrogens (tertiary/aromatic N) is 2. The molecule has 0 bridgehead atoms. The van der Waals surface area contributed by atoms with Gasteiger partial charge in [-0.25, -0.2) is 0 Å². The van der Waals surface area contributed by atoms with E-state index in [0.717, 1.165) is 29.1 Å². The topological polar surface area (TPSA) is 17.3 Å². The third-order valence-electron chi connectivity index (χ3n) is 6.01. The zero-order chi connectivity index (χ0) is 23.5. The maximum absolute atomic E-state index is 4.88. The standard InChI is InChI=1S/C31H28N2S/c1-4-6-7-11-22(3)32-27(10-5-2)23-14-17-25(18-15-23)33-28-13-9-8-12-26(28)30-29(33)19-16-24-20-21-34-31(24)30/h4,6-21H,5H2,1-3H3/b6-4-,11-7-,27-10-,32-22-. The molecule has 5 rings (SSSR count). The van der Waals surface area contributed by atoms with E-state index in [1.807, 2.05) is 49.5 Å². The first kappa shape index (κ1) is 22.1. The first-order valence-corrected chi connectivity index (χ1v) is 12.6. The van der Waals surface area contributed by atoms with Gasteiger partial charge in [-0.05, 0) is 73.0 Å². The summed E-state index contributed by atoms with van der Waals surface area (Å²) in [6.45, 7) is 6.21. The van der Waals surface area contributed by atoms with Crippen LogP contribution in [0.25, 0.3) is 43.3 Å². The summed E-state index contributed by atoms with van der Waals surface area (Å²) in [7, 11) is 0. The van der Waals surface area contributed by atoms with Gasteiger partial charge in [0, 0.05) is 26.9 Å². The molecule has 2 heterocycles. The molecular formula is C31H28N2S. The lowest BCUT2D eigenvalue weighted by Gasteiger charge is -2.10. The Hall–Kier alpha value is -3.69. The molecule has 0 unspecified atom stereocenters. The SMILES string of the molecule is C\C=C/C=C\C(C)=N/C(=C\CC)c1ccc(-n2c3ccccc3c3c4sccc4ccc32)cc1. The minimum absolute atomic E-state index is 0.941. The fraction of sp³-hybridized carbons (Fsp3) is 0.129. The quantitative estimate of drug-likeness (QED) is 0.177. The minimum Gasteiger partial charge on any atom is -0.309 e. The first-order chi connectivity index (χ1) is 16.7. The predicted molar refractivity (Wildman–Crippen MR) is 151 cm³/mol. The summed E-state index contributed by atoms with van der Waals surface area (Å²) in [5.74, 6) is 0. The number of fused-ring (bicyclic) bond motifs is 5. The van der Waals surface area contributed by atoms with E-state index in [-0.39, 0.29) is 0 Å². The first-order valence-electron chi connectivity index (χ1n) is 11.8. The zero-order valence-corrected chi connectivity index (χ0v) is 20.6. The van der Waals surface area contributed by atoms with Crippen LogP contribution in [0.15, 0.2) is 107 Å². The van der Waals surface area contributed by atoms with Crippen LogP contribution in [0.1, 0.15) is 32.8 Å². The molecule has 0 saturated carbocycles. The van der Waals surface area contributed by atoms with Crippen molar-refractivity contribution < 1.29 is 0 Å². The molecule has 0 aliphatic rings. The van der Waals surface area contributed by atoms with Crippen LogP contribution >= 0.6 is 11.3 Å². The Labute approximate surface area is 204 Å². The number of rotatable bonds is 6. The number of aromatic nitrogens is 1. The molecule has 0 amide bonds. The lowest BCUT2D eigenvalue weighted by Crippen LogP contribution is -1.95. The van der Waals surface area contributed by atoms with Crippen LogP contribution in [0, 0.1) is 0 Å². The third kappa shape index (κ3) is 4.04. The molecule has 34 heavy (non-hydrogen) atoms. The highest BCUT2D eigenvalue weighted by molar-refractivity contribution is 7.18. The second-order valence-electron chi connectivity index (χ2n) is 8.33. The van der Waals surface area contributed by atoms with Crippen molar-refractivity contribution in [3.63, 3.8) is 0 Å². The molecule has 0 saturated heterocycles. The molecule has 3 aromatic carbocycles. The Kier molecular flexibility index (Phi) is 6.29. The highest BCUT2D eigenvalue weighted by atomic mass is 32.1. The summed E-state index contributed by atoms with van der Waals surface area (Å²) in [6, 6.07) is 24.2. The van der Waals surface area contributed by atoms with Gasteiger partial charge >= 0.3 is 0 Å². The average Bonchev–Trinajstić information content (AvgIpc) is 3.46. The fourth-order valence-corrected chi connectivity index (χ4v) is 5.45. The molecule has 0 spiro atoms. The van der Waals surface area contributed by atoms with Crippen molar-refractivity contribution >= 4 is 54.6 Å². The average molecular weight is 461 g/mol. The Morgan fingerprint density at radius 2 is 1.76 bits per heavy atom. The molecule has 168 valence electrons. The van der Waals surface area contributed by atoms with Gasteiger partial charge in [0.1, 0.15) is 0 Å². The molecule has 0 atom stereocenters. The van der Waals surface area contributed by atoms with Gasteiger partial charge in [0.25, 0.3) is 0 Å². The number of aliphatic imine (C=N–C) groups is 1. The van der Waals surface area contributed by atoms with Gasteiger partial charge in [0.2, 0.25) is 0 Å². The molecule has 0 fully saturated rings. The lowest BCUT2D eigenvalue weighted by molar-refractivity contribution is 1.18. The molecule has 0 aliphatic heterocycles. The van der Waals surface area contributed by atoms with Crippen LogP contribution in [0.3, 0.4) is 0 Å². The highest BCUT2D eigenvalue weighted by Gasteiger charge is 2.15. The van der Waals surface area contributed by atoms with Crippen LogP contribution in [0.4, 0.5) is 0 Å². The van der Waals surface area contributed by atoms with Gasteiger partial charge in [-0.3, -0.25) is 4.99 Å². The van der Waals surface area contributed by atoms with Crippen LogP contribution in [0.2, 0.25) is 0 Å². The van der Waals surface area contributed by atoms with Gasteiger partial charge < -0.3 is 4.57 Å². The van der Waals surface area contributed by atoms with Crippen LogP contribution < -0.4 is 0 Å². The van der Waals surface area contributed by atoms with Crippen molar-refractivity contribution in [3.8, 4) is 5.69 Å². The smallest absolute Gasteiger partial charge is 0.0665 e. The molecular weight excluding hydrogens is 432 g/mol. The summed E-state index contributed by atoms with van der Waals surface area (Å²) in [5, 5.41) is 6.13. The normalized spacial score (nSPS) is 13.4. The number of hydrogen-bond donors (Lipinski definition) is 0. The minimum atomic E-state index is 0.941. The van der Waals surface area contributed by atoms with E-state index in [2.05, 4.69) is 89.7 Å². The molecule has 5 aromatic rings. The lowest BCUT2D eigenvalue weighted by atomic mass is 10.1. The van der Waals surface area contributed by atoms with Crippen molar-refractivity contribution in [1.82, 2.24) is 4.57 Å². The summed E-state index contributed by atoms with van der Waals surface area (Å²) in [6.07, 6.45) is 11.2. The Balaban J connectivity index is 1.61. The Morgan fingerprint density at radius 1 is 0.941 bits per heavy atom. The molecule has 0 radical (unpaired) electrons. The van der Waals surface area contributed by atoms with Gasteiger partial charge in [-0.1, -0.05) is 67.6 Å². The summed E-state index contributed by atoms with van der Waals surface area (Å²) < 4.78 is 3.73. The van der Waals surface area contributed by atoms with E-state index in [9.17, 15) is 0 Å². The number of benzene rings is 3. The van der Waals surface area contributed by atoms with Crippen LogP contribution in [-0.2, 0) is 0 Å². The Bertz CT molecular complexity index is 1590. The number of thiophene rings is 1. The molecule has 2 aromatic heterocycles. The second kappa shape index (κ2) is 9.66. The summed E-state index contributed by atoms with van der Waals surface area (Å²) in [4.78, 5) is 4.88. The van der Waals surface area contributed by atoms with Gasteiger partial charge in [-0.15, -0.1) is 11.3 Å². The van der Waals surface area contributed by atoms with E-state index in [0.29, 0.717) is 0 Å². The third-order valence-corrected chi connectivity index (χ3v) is 6.96. The fourth-order valence-electron chi connectivity index (χ4n) is 4.49. The van der Waals surface area contributed by atoms with Gasteiger partial charge in [0.15, 0.2) is 0 Å². The van der Waals surface area contributed by atoms with E-state index >= 15 is 0 Å². The maximum atomic E-state index is 4.88. The Morgan fingerprint density at radius 3 is 2.56 bits per heavy atom. The molecule has 0 aliphatic carbocycles.